The molecule has 2 aliphatic carbocycles. The van der Waals surface area contributed by atoms with E-state index >= 15 is 0 Å². The van der Waals surface area contributed by atoms with Gasteiger partial charge in [0, 0.05) is 6.04 Å². The van der Waals surface area contributed by atoms with Gasteiger partial charge in [0.05, 0.1) is 0 Å². The summed E-state index contributed by atoms with van der Waals surface area (Å²) in [5, 5.41) is 14.6. The average Bonchev–Trinajstić information content (AvgIpc) is 3.15. The Hall–Kier alpha value is -1.26. The molecule has 0 aromatic rings. The zero-order valence-corrected chi connectivity index (χ0v) is 11.5. The molecule has 2 rings (SSSR count). The second-order valence-corrected chi connectivity index (χ2v) is 6.14. The lowest BCUT2D eigenvalue weighted by Crippen LogP contribution is -2.49. The van der Waals surface area contributed by atoms with Crippen LogP contribution in [0.25, 0.3) is 0 Å². The molecule has 19 heavy (non-hydrogen) atoms. The van der Waals surface area contributed by atoms with Gasteiger partial charge in [-0.25, -0.2) is 9.59 Å². The zero-order chi connectivity index (χ0) is 13.8. The number of aliphatic carboxylic acids is 1. The van der Waals surface area contributed by atoms with E-state index in [-0.39, 0.29) is 12.1 Å². The van der Waals surface area contributed by atoms with Gasteiger partial charge in [0.25, 0.3) is 0 Å². The van der Waals surface area contributed by atoms with Gasteiger partial charge < -0.3 is 15.7 Å². The number of carboxylic acids is 1. The van der Waals surface area contributed by atoms with E-state index in [2.05, 4.69) is 17.6 Å². The Kier molecular flexibility index (Phi) is 4.66. The van der Waals surface area contributed by atoms with Crippen LogP contribution in [-0.2, 0) is 4.79 Å². The van der Waals surface area contributed by atoms with Crippen molar-refractivity contribution in [3.63, 3.8) is 0 Å². The predicted octanol–water partition coefficient (Wildman–Crippen LogP) is 2.12. The minimum atomic E-state index is -0.931. The maximum Gasteiger partial charge on any atom is 0.326 e. The van der Waals surface area contributed by atoms with Crippen LogP contribution in [0.4, 0.5) is 4.79 Å². The van der Waals surface area contributed by atoms with E-state index in [1.807, 2.05) is 0 Å². The predicted molar refractivity (Wildman–Crippen MR) is 71.9 cm³/mol. The van der Waals surface area contributed by atoms with Crippen LogP contribution in [0.15, 0.2) is 0 Å². The lowest BCUT2D eigenvalue weighted by Gasteiger charge is -2.27. The topological polar surface area (TPSA) is 78.4 Å². The van der Waals surface area contributed by atoms with Gasteiger partial charge in [-0.15, -0.1) is 0 Å². The van der Waals surface area contributed by atoms with Crippen molar-refractivity contribution in [1.82, 2.24) is 10.6 Å². The molecule has 0 radical (unpaired) electrons. The number of carboxylic acid groups (broad SMARTS) is 1. The van der Waals surface area contributed by atoms with Crippen molar-refractivity contribution in [3.8, 4) is 0 Å². The molecule has 3 N–H and O–H groups in total. The minimum Gasteiger partial charge on any atom is -0.480 e. The molecular formula is C14H24N2O3. The molecule has 0 bridgehead atoms. The van der Waals surface area contributed by atoms with Crippen molar-refractivity contribution in [2.75, 3.05) is 0 Å². The van der Waals surface area contributed by atoms with Gasteiger partial charge in [-0.2, -0.15) is 0 Å². The zero-order valence-electron chi connectivity index (χ0n) is 11.5. The molecule has 5 heteroatoms. The smallest absolute Gasteiger partial charge is 0.326 e. The number of urea groups is 1. The summed E-state index contributed by atoms with van der Waals surface area (Å²) < 4.78 is 0. The maximum absolute atomic E-state index is 11.8. The van der Waals surface area contributed by atoms with Crippen LogP contribution in [-0.4, -0.2) is 29.2 Å². The summed E-state index contributed by atoms with van der Waals surface area (Å²) in [7, 11) is 0. The summed E-state index contributed by atoms with van der Waals surface area (Å²) >= 11 is 0. The molecule has 2 saturated carbocycles. The third kappa shape index (κ3) is 4.73. The second-order valence-electron chi connectivity index (χ2n) is 6.14. The van der Waals surface area contributed by atoms with Gasteiger partial charge in [0.1, 0.15) is 6.04 Å². The van der Waals surface area contributed by atoms with E-state index in [0.717, 1.165) is 44.4 Å². The minimum absolute atomic E-state index is 0.201. The molecule has 0 heterocycles. The number of hydrogen-bond donors (Lipinski definition) is 3. The summed E-state index contributed by atoms with van der Waals surface area (Å²) in [4.78, 5) is 22.9. The number of amides is 2. The van der Waals surface area contributed by atoms with Crippen LogP contribution in [0.3, 0.4) is 0 Å². The fourth-order valence-electron chi connectivity index (χ4n) is 2.70. The van der Waals surface area contributed by atoms with E-state index < -0.39 is 12.0 Å². The molecule has 0 spiro atoms. The molecular weight excluding hydrogens is 244 g/mol. The third-order valence-electron chi connectivity index (χ3n) is 4.22. The molecule has 0 saturated heterocycles. The van der Waals surface area contributed by atoms with Crippen molar-refractivity contribution in [2.45, 2.75) is 64.0 Å². The van der Waals surface area contributed by atoms with Gasteiger partial charge in [0.2, 0.25) is 0 Å². The molecule has 0 aromatic carbocycles. The number of nitrogens with one attached hydrogen (secondary N) is 2. The highest BCUT2D eigenvalue weighted by Gasteiger charge is 2.30. The van der Waals surface area contributed by atoms with Crippen LogP contribution in [0.1, 0.15) is 51.9 Å². The Balaban J connectivity index is 1.73. The summed E-state index contributed by atoms with van der Waals surface area (Å²) in [5.41, 5.74) is 0. The molecule has 0 aliphatic heterocycles. The quantitative estimate of drug-likeness (QED) is 0.714. The Labute approximate surface area is 114 Å². The van der Waals surface area contributed by atoms with Crippen LogP contribution in [0.2, 0.25) is 0 Å². The van der Waals surface area contributed by atoms with Gasteiger partial charge in [-0.05, 0) is 43.9 Å². The van der Waals surface area contributed by atoms with E-state index in [4.69, 9.17) is 5.11 Å². The van der Waals surface area contributed by atoms with E-state index in [1.165, 1.54) is 0 Å². The standard InChI is InChI=1S/C14H24N2O3/c1-9-2-6-11(7-3-9)15-14(19)16-12(13(17)18)8-10-4-5-10/h9-12H,2-8H2,1H3,(H,17,18)(H2,15,16,19). The molecule has 5 nitrogen and oxygen atoms in total. The fraction of sp³-hybridized carbons (Fsp3) is 0.857. The van der Waals surface area contributed by atoms with Gasteiger partial charge in [0.15, 0.2) is 0 Å². The Morgan fingerprint density at radius 3 is 2.32 bits per heavy atom. The summed E-state index contributed by atoms with van der Waals surface area (Å²) in [6.07, 6.45) is 7.00. The molecule has 2 amide bonds. The van der Waals surface area contributed by atoms with Crippen molar-refractivity contribution < 1.29 is 14.7 Å². The second kappa shape index (κ2) is 6.26. The highest BCUT2D eigenvalue weighted by atomic mass is 16.4. The monoisotopic (exact) mass is 268 g/mol. The van der Waals surface area contributed by atoms with Gasteiger partial charge in [-0.3, -0.25) is 0 Å². The highest BCUT2D eigenvalue weighted by Crippen LogP contribution is 2.33. The molecule has 1 unspecified atom stereocenters. The van der Waals surface area contributed by atoms with Crippen molar-refractivity contribution >= 4 is 12.0 Å². The molecule has 2 aliphatic rings. The normalized spacial score (nSPS) is 28.5. The summed E-state index contributed by atoms with van der Waals surface area (Å²) in [5.74, 6) is 0.291. The molecule has 2 fully saturated rings. The summed E-state index contributed by atoms with van der Waals surface area (Å²) in [6, 6.07) is -0.866. The lowest BCUT2D eigenvalue weighted by molar-refractivity contribution is -0.139. The number of carbonyl (C=O) groups is 2. The van der Waals surface area contributed by atoms with Crippen LogP contribution >= 0.6 is 0 Å². The fourth-order valence-corrected chi connectivity index (χ4v) is 2.70. The largest absolute Gasteiger partial charge is 0.480 e. The first kappa shape index (κ1) is 14.2. The van der Waals surface area contributed by atoms with E-state index in [9.17, 15) is 9.59 Å². The SMILES string of the molecule is CC1CCC(NC(=O)NC(CC2CC2)C(=O)O)CC1. The van der Waals surface area contributed by atoms with E-state index in [0.29, 0.717) is 12.3 Å². The Bertz CT molecular complexity index is 334. The lowest BCUT2D eigenvalue weighted by atomic mass is 9.87. The maximum atomic E-state index is 11.8. The van der Waals surface area contributed by atoms with E-state index in [1.54, 1.807) is 0 Å². The molecule has 0 aromatic heterocycles. The van der Waals surface area contributed by atoms with Gasteiger partial charge in [-0.1, -0.05) is 19.8 Å². The van der Waals surface area contributed by atoms with Crippen molar-refractivity contribution in [1.29, 1.82) is 0 Å². The van der Waals surface area contributed by atoms with Crippen LogP contribution in [0, 0.1) is 11.8 Å². The first-order valence-electron chi connectivity index (χ1n) is 7.34. The Morgan fingerprint density at radius 1 is 1.16 bits per heavy atom. The van der Waals surface area contributed by atoms with Crippen LogP contribution in [0.5, 0.6) is 0 Å². The number of hydrogen-bond acceptors (Lipinski definition) is 2. The van der Waals surface area contributed by atoms with Gasteiger partial charge >= 0.3 is 12.0 Å². The average molecular weight is 268 g/mol. The number of rotatable bonds is 5. The number of carbonyl (C=O) groups excluding carboxylic acids is 1. The third-order valence-corrected chi connectivity index (χ3v) is 4.22. The Morgan fingerprint density at radius 2 is 1.79 bits per heavy atom. The first-order chi connectivity index (χ1) is 9.04. The van der Waals surface area contributed by atoms with Crippen molar-refractivity contribution in [2.24, 2.45) is 11.8 Å². The highest BCUT2D eigenvalue weighted by molar-refractivity contribution is 5.82. The summed E-state index contributed by atoms with van der Waals surface area (Å²) in [6.45, 7) is 2.23. The molecule has 108 valence electrons. The van der Waals surface area contributed by atoms with Crippen molar-refractivity contribution in [3.05, 3.63) is 0 Å². The van der Waals surface area contributed by atoms with Crippen LogP contribution < -0.4 is 10.6 Å². The first-order valence-corrected chi connectivity index (χ1v) is 7.34. The molecule has 1 atom stereocenters.